The van der Waals surface area contributed by atoms with Crippen LogP contribution in [0.1, 0.15) is 39.0 Å². The summed E-state index contributed by atoms with van der Waals surface area (Å²) in [4.78, 5) is 0. The Kier molecular flexibility index (Phi) is 3.70. The largest absolute Gasteiger partial charge is 0.454 e. The van der Waals surface area contributed by atoms with Crippen LogP contribution in [-0.2, 0) is 0 Å². The molecule has 0 amide bonds. The summed E-state index contributed by atoms with van der Waals surface area (Å²) in [7, 11) is 0. The van der Waals surface area contributed by atoms with Crippen molar-refractivity contribution in [2.75, 3.05) is 12.1 Å². The highest BCUT2D eigenvalue weighted by Gasteiger charge is 2.32. The molecule has 1 aliphatic heterocycles. The molecule has 1 aromatic rings. The van der Waals surface area contributed by atoms with Gasteiger partial charge in [0.2, 0.25) is 6.79 Å². The first-order chi connectivity index (χ1) is 9.71. The number of ether oxygens (including phenoxy) is 2. The van der Waals surface area contributed by atoms with Gasteiger partial charge in [-0.05, 0) is 43.6 Å². The molecule has 1 saturated carbocycles. The highest BCUT2D eigenvalue weighted by molar-refractivity contribution is 7.80. The van der Waals surface area contributed by atoms with Crippen LogP contribution in [-0.4, -0.2) is 17.4 Å². The van der Waals surface area contributed by atoms with E-state index in [-0.39, 0.29) is 5.54 Å². The number of hydrogen-bond acceptors (Lipinski definition) is 3. The molecule has 3 rings (SSSR count). The average molecular weight is 292 g/mol. The smallest absolute Gasteiger partial charge is 0.231 e. The molecule has 0 bridgehead atoms. The fourth-order valence-corrected chi connectivity index (χ4v) is 3.33. The summed E-state index contributed by atoms with van der Waals surface area (Å²) in [5.41, 5.74) is 1.11. The molecule has 1 aromatic carbocycles. The lowest BCUT2D eigenvalue weighted by atomic mass is 9.95. The van der Waals surface area contributed by atoms with E-state index in [0.29, 0.717) is 11.9 Å². The average Bonchev–Trinajstić information content (AvgIpc) is 3.07. The minimum Gasteiger partial charge on any atom is -0.454 e. The Bertz CT molecular complexity index is 513. The zero-order valence-corrected chi connectivity index (χ0v) is 12.5. The molecule has 1 fully saturated rings. The lowest BCUT2D eigenvalue weighted by Crippen LogP contribution is -2.47. The summed E-state index contributed by atoms with van der Waals surface area (Å²) in [5.74, 6) is 1.55. The van der Waals surface area contributed by atoms with E-state index in [1.54, 1.807) is 0 Å². The number of benzene rings is 1. The molecule has 20 heavy (non-hydrogen) atoms. The third kappa shape index (κ3) is 2.68. The van der Waals surface area contributed by atoms with Crippen LogP contribution in [0.25, 0.3) is 0 Å². The molecular formula is C15H20N2O2S. The number of anilines is 1. The molecule has 0 unspecified atom stereocenters. The van der Waals surface area contributed by atoms with Gasteiger partial charge in [-0.1, -0.05) is 19.8 Å². The van der Waals surface area contributed by atoms with E-state index in [4.69, 9.17) is 21.7 Å². The van der Waals surface area contributed by atoms with Crippen molar-refractivity contribution >= 4 is 23.0 Å². The second-order valence-corrected chi connectivity index (χ2v) is 5.90. The van der Waals surface area contributed by atoms with Crippen LogP contribution in [0.2, 0.25) is 0 Å². The predicted octanol–water partition coefficient (Wildman–Crippen LogP) is 3.42. The van der Waals surface area contributed by atoms with Crippen LogP contribution >= 0.6 is 12.2 Å². The molecule has 0 radical (unpaired) electrons. The molecule has 108 valence electrons. The predicted molar refractivity (Wildman–Crippen MR) is 83.4 cm³/mol. The SMILES string of the molecule is CCC1(NC(=S)Nc2ccc3c(c2)OCO3)CCCC1. The highest BCUT2D eigenvalue weighted by Crippen LogP contribution is 2.35. The van der Waals surface area contributed by atoms with Gasteiger partial charge < -0.3 is 20.1 Å². The van der Waals surface area contributed by atoms with Gasteiger partial charge in [0, 0.05) is 17.3 Å². The quantitative estimate of drug-likeness (QED) is 0.836. The molecule has 2 aliphatic rings. The number of rotatable bonds is 3. The van der Waals surface area contributed by atoms with Gasteiger partial charge in [-0.3, -0.25) is 0 Å². The first-order valence-corrected chi connectivity index (χ1v) is 7.60. The fraction of sp³-hybridized carbons (Fsp3) is 0.533. The highest BCUT2D eigenvalue weighted by atomic mass is 32.1. The summed E-state index contributed by atoms with van der Waals surface area (Å²) in [6.07, 6.45) is 6.08. The van der Waals surface area contributed by atoms with E-state index in [1.165, 1.54) is 25.7 Å². The van der Waals surface area contributed by atoms with E-state index in [0.717, 1.165) is 23.6 Å². The van der Waals surface area contributed by atoms with E-state index < -0.39 is 0 Å². The molecule has 0 atom stereocenters. The summed E-state index contributed by atoms with van der Waals surface area (Å²) < 4.78 is 10.7. The Labute approximate surface area is 124 Å². The zero-order valence-electron chi connectivity index (χ0n) is 11.7. The Morgan fingerprint density at radius 2 is 2.00 bits per heavy atom. The van der Waals surface area contributed by atoms with Crippen molar-refractivity contribution in [3.8, 4) is 11.5 Å². The number of hydrogen-bond donors (Lipinski definition) is 2. The number of thiocarbonyl (C=S) groups is 1. The van der Waals surface area contributed by atoms with Crippen LogP contribution < -0.4 is 20.1 Å². The van der Waals surface area contributed by atoms with Gasteiger partial charge in [0.05, 0.1) is 0 Å². The van der Waals surface area contributed by atoms with Crippen LogP contribution in [0, 0.1) is 0 Å². The van der Waals surface area contributed by atoms with Gasteiger partial charge in [-0.2, -0.15) is 0 Å². The summed E-state index contributed by atoms with van der Waals surface area (Å²) >= 11 is 5.44. The molecule has 4 nitrogen and oxygen atoms in total. The molecule has 2 N–H and O–H groups in total. The molecule has 0 aromatic heterocycles. The zero-order chi connectivity index (χ0) is 14.0. The normalized spacial score (nSPS) is 18.9. The Morgan fingerprint density at radius 3 is 2.75 bits per heavy atom. The molecule has 1 heterocycles. The van der Waals surface area contributed by atoms with Crippen molar-refractivity contribution in [1.29, 1.82) is 0 Å². The maximum atomic E-state index is 5.44. The van der Waals surface area contributed by atoms with Gasteiger partial charge in [0.1, 0.15) is 0 Å². The van der Waals surface area contributed by atoms with Crippen molar-refractivity contribution < 1.29 is 9.47 Å². The van der Waals surface area contributed by atoms with Crippen LogP contribution in [0.5, 0.6) is 11.5 Å². The van der Waals surface area contributed by atoms with Crippen LogP contribution in [0.15, 0.2) is 18.2 Å². The Morgan fingerprint density at radius 1 is 1.25 bits per heavy atom. The van der Waals surface area contributed by atoms with Gasteiger partial charge in [0.15, 0.2) is 16.6 Å². The van der Waals surface area contributed by atoms with E-state index in [1.807, 2.05) is 18.2 Å². The monoisotopic (exact) mass is 292 g/mol. The topological polar surface area (TPSA) is 42.5 Å². The summed E-state index contributed by atoms with van der Waals surface area (Å²) in [6, 6.07) is 5.77. The molecule has 0 saturated heterocycles. The van der Waals surface area contributed by atoms with Crippen LogP contribution in [0.4, 0.5) is 5.69 Å². The van der Waals surface area contributed by atoms with Crippen molar-refractivity contribution in [2.45, 2.75) is 44.6 Å². The first kappa shape index (κ1) is 13.5. The van der Waals surface area contributed by atoms with Crippen LogP contribution in [0.3, 0.4) is 0 Å². The van der Waals surface area contributed by atoms with Crippen molar-refractivity contribution in [2.24, 2.45) is 0 Å². The maximum absolute atomic E-state index is 5.44. The van der Waals surface area contributed by atoms with Gasteiger partial charge in [0.25, 0.3) is 0 Å². The lowest BCUT2D eigenvalue weighted by Gasteiger charge is -2.30. The summed E-state index contributed by atoms with van der Waals surface area (Å²) in [6.45, 7) is 2.52. The van der Waals surface area contributed by atoms with Crippen molar-refractivity contribution in [1.82, 2.24) is 5.32 Å². The van der Waals surface area contributed by atoms with Crippen molar-refractivity contribution in [3.63, 3.8) is 0 Å². The molecular weight excluding hydrogens is 272 g/mol. The van der Waals surface area contributed by atoms with Gasteiger partial charge in [-0.15, -0.1) is 0 Å². The van der Waals surface area contributed by atoms with E-state index in [9.17, 15) is 0 Å². The maximum Gasteiger partial charge on any atom is 0.231 e. The minimum atomic E-state index is 0.181. The lowest BCUT2D eigenvalue weighted by molar-refractivity contribution is 0.174. The Hall–Kier alpha value is -1.49. The second-order valence-electron chi connectivity index (χ2n) is 5.49. The van der Waals surface area contributed by atoms with Crippen molar-refractivity contribution in [3.05, 3.63) is 18.2 Å². The third-order valence-corrected chi connectivity index (χ3v) is 4.45. The molecule has 0 spiro atoms. The molecule has 1 aliphatic carbocycles. The minimum absolute atomic E-state index is 0.181. The number of nitrogens with one attached hydrogen (secondary N) is 2. The summed E-state index contributed by atoms with van der Waals surface area (Å²) in [5, 5.41) is 7.44. The Balaban J connectivity index is 1.64. The van der Waals surface area contributed by atoms with E-state index in [2.05, 4.69) is 17.6 Å². The first-order valence-electron chi connectivity index (χ1n) is 7.20. The fourth-order valence-electron chi connectivity index (χ4n) is 3.00. The second kappa shape index (κ2) is 5.48. The third-order valence-electron chi connectivity index (χ3n) is 4.25. The van der Waals surface area contributed by atoms with Gasteiger partial charge >= 0.3 is 0 Å². The molecule has 5 heteroatoms. The standard InChI is InChI=1S/C15H20N2O2S/c1-2-15(7-3-4-8-15)17-14(20)16-11-5-6-12-13(9-11)19-10-18-12/h5-6,9H,2-4,7-8,10H2,1H3,(H2,16,17,20). The number of fused-ring (bicyclic) bond motifs is 1. The van der Waals surface area contributed by atoms with E-state index >= 15 is 0 Å². The van der Waals surface area contributed by atoms with Gasteiger partial charge in [-0.25, -0.2) is 0 Å².